The van der Waals surface area contributed by atoms with Crippen molar-refractivity contribution < 1.29 is 13.9 Å². The molecule has 0 atom stereocenters. The van der Waals surface area contributed by atoms with Crippen molar-refractivity contribution in [3.63, 3.8) is 0 Å². The molecule has 1 aliphatic heterocycles. The molecule has 0 bridgehead atoms. The molecule has 0 saturated carbocycles. The number of anilines is 1. The first kappa shape index (κ1) is 14.0. The number of rotatable bonds is 3. The lowest BCUT2D eigenvalue weighted by atomic mass is 9.79. The Kier molecular flexibility index (Phi) is 4.17. The highest BCUT2D eigenvalue weighted by molar-refractivity contribution is 5.97. The molecule has 0 aliphatic carbocycles. The van der Waals surface area contributed by atoms with Gasteiger partial charge in [-0.25, -0.2) is 4.39 Å². The van der Waals surface area contributed by atoms with E-state index < -0.39 is 5.41 Å². The third kappa shape index (κ3) is 2.77. The lowest BCUT2D eigenvalue weighted by Gasteiger charge is -2.37. The van der Waals surface area contributed by atoms with Crippen LogP contribution in [0.15, 0.2) is 24.3 Å². The largest absolute Gasteiger partial charge is 0.381 e. The number of halogens is 1. The van der Waals surface area contributed by atoms with Crippen molar-refractivity contribution in [2.75, 3.05) is 31.7 Å². The van der Waals surface area contributed by atoms with Gasteiger partial charge < -0.3 is 15.4 Å². The van der Waals surface area contributed by atoms with E-state index in [0.717, 1.165) is 0 Å². The van der Waals surface area contributed by atoms with E-state index in [1.807, 2.05) is 0 Å². The van der Waals surface area contributed by atoms with Crippen LogP contribution >= 0.6 is 0 Å². The van der Waals surface area contributed by atoms with E-state index >= 15 is 0 Å². The van der Waals surface area contributed by atoms with Gasteiger partial charge in [-0.1, -0.05) is 6.07 Å². The van der Waals surface area contributed by atoms with Crippen LogP contribution in [0.4, 0.5) is 10.1 Å². The summed E-state index contributed by atoms with van der Waals surface area (Å²) in [5.41, 5.74) is 5.77. The molecule has 5 heteroatoms. The molecule has 1 saturated heterocycles. The standard InChI is InChI=1S/C14H19FN2O2/c1-17(12-4-2-3-11(15)9-12)13(18)14(10-16)5-7-19-8-6-14/h2-4,9H,5-8,10,16H2,1H3. The van der Waals surface area contributed by atoms with Crippen molar-refractivity contribution in [3.05, 3.63) is 30.1 Å². The first-order valence-corrected chi connectivity index (χ1v) is 6.41. The molecular formula is C14H19FN2O2. The number of hydrogen-bond acceptors (Lipinski definition) is 3. The fraction of sp³-hybridized carbons (Fsp3) is 0.500. The van der Waals surface area contributed by atoms with Gasteiger partial charge in [-0.15, -0.1) is 0 Å². The molecule has 1 fully saturated rings. The van der Waals surface area contributed by atoms with Crippen LogP contribution < -0.4 is 10.6 Å². The first-order chi connectivity index (χ1) is 9.09. The maximum absolute atomic E-state index is 13.2. The molecule has 0 radical (unpaired) electrons. The quantitative estimate of drug-likeness (QED) is 0.903. The van der Waals surface area contributed by atoms with Gasteiger partial charge in [0, 0.05) is 32.5 Å². The van der Waals surface area contributed by atoms with Crippen LogP contribution in [-0.2, 0) is 9.53 Å². The maximum atomic E-state index is 13.2. The van der Waals surface area contributed by atoms with Crippen molar-refractivity contribution in [1.29, 1.82) is 0 Å². The van der Waals surface area contributed by atoms with E-state index in [0.29, 0.717) is 31.7 Å². The van der Waals surface area contributed by atoms with Crippen molar-refractivity contribution >= 4 is 11.6 Å². The fourth-order valence-corrected chi connectivity index (χ4v) is 2.43. The minimum absolute atomic E-state index is 0.0658. The Morgan fingerprint density at radius 3 is 2.74 bits per heavy atom. The molecule has 1 amide bonds. The summed E-state index contributed by atoms with van der Waals surface area (Å²) in [6, 6.07) is 6.01. The average molecular weight is 266 g/mol. The summed E-state index contributed by atoms with van der Waals surface area (Å²) in [7, 11) is 1.66. The first-order valence-electron chi connectivity index (χ1n) is 6.41. The summed E-state index contributed by atoms with van der Waals surface area (Å²) < 4.78 is 18.5. The van der Waals surface area contributed by atoms with Crippen LogP contribution in [0.25, 0.3) is 0 Å². The van der Waals surface area contributed by atoms with Gasteiger partial charge in [-0.2, -0.15) is 0 Å². The number of hydrogen-bond donors (Lipinski definition) is 1. The van der Waals surface area contributed by atoms with Crippen LogP contribution in [0.2, 0.25) is 0 Å². The van der Waals surface area contributed by atoms with Crippen LogP contribution in [0.1, 0.15) is 12.8 Å². The van der Waals surface area contributed by atoms with Gasteiger partial charge in [-0.3, -0.25) is 4.79 Å². The summed E-state index contributed by atoms with van der Waals surface area (Å²) in [5.74, 6) is -0.421. The lowest BCUT2D eigenvalue weighted by molar-refractivity contribution is -0.132. The molecule has 0 aromatic heterocycles. The van der Waals surface area contributed by atoms with Gasteiger partial charge >= 0.3 is 0 Å². The van der Waals surface area contributed by atoms with Crippen LogP contribution in [0.3, 0.4) is 0 Å². The number of ether oxygens (including phenoxy) is 1. The van der Waals surface area contributed by atoms with Crippen molar-refractivity contribution in [1.82, 2.24) is 0 Å². The van der Waals surface area contributed by atoms with Gasteiger partial charge in [-0.05, 0) is 31.0 Å². The molecular weight excluding hydrogens is 247 g/mol. The molecule has 1 aromatic rings. The number of carbonyl (C=O) groups excluding carboxylic acids is 1. The summed E-state index contributed by atoms with van der Waals surface area (Å²) in [6.07, 6.45) is 1.23. The lowest BCUT2D eigenvalue weighted by Crippen LogP contribution is -2.49. The Hall–Kier alpha value is -1.46. The summed E-state index contributed by atoms with van der Waals surface area (Å²) >= 11 is 0. The third-order valence-corrected chi connectivity index (χ3v) is 3.79. The van der Waals surface area contributed by atoms with Gasteiger partial charge in [0.05, 0.1) is 5.41 Å². The van der Waals surface area contributed by atoms with E-state index in [1.54, 1.807) is 19.2 Å². The Balaban J connectivity index is 2.22. The van der Waals surface area contributed by atoms with Crippen LogP contribution in [-0.4, -0.2) is 32.7 Å². The highest BCUT2D eigenvalue weighted by atomic mass is 19.1. The van der Waals surface area contributed by atoms with Crippen LogP contribution in [0.5, 0.6) is 0 Å². The SMILES string of the molecule is CN(C(=O)C1(CN)CCOCC1)c1cccc(F)c1. The molecule has 2 rings (SSSR count). The number of amides is 1. The zero-order chi connectivity index (χ0) is 13.9. The van der Waals surface area contributed by atoms with E-state index in [4.69, 9.17) is 10.5 Å². The molecule has 1 heterocycles. The Bertz CT molecular complexity index is 459. The predicted molar refractivity (Wildman–Crippen MR) is 71.4 cm³/mol. The van der Waals surface area contributed by atoms with Crippen molar-refractivity contribution in [2.45, 2.75) is 12.8 Å². The van der Waals surface area contributed by atoms with Crippen molar-refractivity contribution in [3.8, 4) is 0 Å². The monoisotopic (exact) mass is 266 g/mol. The normalized spacial score (nSPS) is 18.1. The minimum Gasteiger partial charge on any atom is -0.381 e. The maximum Gasteiger partial charge on any atom is 0.234 e. The van der Waals surface area contributed by atoms with Gasteiger partial charge in [0.2, 0.25) is 5.91 Å². The highest BCUT2D eigenvalue weighted by Crippen LogP contribution is 2.32. The number of carbonyl (C=O) groups is 1. The summed E-state index contributed by atoms with van der Waals surface area (Å²) in [5, 5.41) is 0. The molecule has 104 valence electrons. The molecule has 0 spiro atoms. The molecule has 0 unspecified atom stereocenters. The number of nitrogens with two attached hydrogens (primary N) is 1. The second kappa shape index (κ2) is 5.67. The number of benzene rings is 1. The highest BCUT2D eigenvalue weighted by Gasteiger charge is 2.40. The van der Waals surface area contributed by atoms with Gasteiger partial charge in [0.25, 0.3) is 0 Å². The summed E-state index contributed by atoms with van der Waals surface area (Å²) in [6.45, 7) is 1.37. The molecule has 19 heavy (non-hydrogen) atoms. The number of nitrogens with zero attached hydrogens (tertiary/aromatic N) is 1. The Labute approximate surface area is 112 Å². The van der Waals surface area contributed by atoms with E-state index in [2.05, 4.69) is 0 Å². The second-order valence-corrected chi connectivity index (χ2v) is 4.94. The molecule has 1 aliphatic rings. The zero-order valence-electron chi connectivity index (χ0n) is 11.1. The Morgan fingerprint density at radius 2 is 2.16 bits per heavy atom. The zero-order valence-corrected chi connectivity index (χ0v) is 11.1. The predicted octanol–water partition coefficient (Wildman–Crippen LogP) is 1.54. The summed E-state index contributed by atoms with van der Waals surface area (Å²) in [4.78, 5) is 14.1. The smallest absolute Gasteiger partial charge is 0.234 e. The molecule has 2 N–H and O–H groups in total. The Morgan fingerprint density at radius 1 is 1.47 bits per heavy atom. The van der Waals surface area contributed by atoms with E-state index in [-0.39, 0.29) is 18.3 Å². The average Bonchev–Trinajstić information content (AvgIpc) is 2.46. The fourth-order valence-electron chi connectivity index (χ4n) is 2.43. The van der Waals surface area contributed by atoms with Gasteiger partial charge in [0.15, 0.2) is 0 Å². The molecule has 1 aromatic carbocycles. The molecule has 4 nitrogen and oxygen atoms in total. The topological polar surface area (TPSA) is 55.6 Å². The van der Waals surface area contributed by atoms with Crippen molar-refractivity contribution in [2.24, 2.45) is 11.1 Å². The van der Waals surface area contributed by atoms with Crippen LogP contribution in [0, 0.1) is 11.2 Å². The van der Waals surface area contributed by atoms with E-state index in [9.17, 15) is 9.18 Å². The van der Waals surface area contributed by atoms with E-state index in [1.165, 1.54) is 17.0 Å². The van der Waals surface area contributed by atoms with Gasteiger partial charge in [0.1, 0.15) is 5.82 Å². The third-order valence-electron chi connectivity index (χ3n) is 3.79. The minimum atomic E-state index is -0.584. The second-order valence-electron chi connectivity index (χ2n) is 4.94.